The van der Waals surface area contributed by atoms with Crippen molar-refractivity contribution in [2.24, 2.45) is 0 Å². The molecule has 0 atom stereocenters. The number of aromatic nitrogens is 1. The molecule has 0 radical (unpaired) electrons. The zero-order valence-electron chi connectivity index (χ0n) is 6.39. The average molecular weight is 133 g/mol. The first kappa shape index (κ1) is 7.00. The molecule has 0 aliphatic heterocycles. The number of pyridine rings is 1. The first-order valence-electron chi connectivity index (χ1n) is 3.27. The fourth-order valence-corrected chi connectivity index (χ4v) is 0.788. The Hall–Kier alpha value is -1.11. The Kier molecular flexibility index (Phi) is 1.86. The van der Waals surface area contributed by atoms with Crippen LogP contribution in [0.15, 0.2) is 25.0 Å². The van der Waals surface area contributed by atoms with E-state index in [4.69, 9.17) is 0 Å². The van der Waals surface area contributed by atoms with Crippen LogP contribution in [0.2, 0.25) is 0 Å². The minimum absolute atomic E-state index is 1.07. The summed E-state index contributed by atoms with van der Waals surface area (Å²) in [6.07, 6.45) is 3.67. The van der Waals surface area contributed by atoms with Gasteiger partial charge in [-0.05, 0) is 36.6 Å². The number of hydrogen-bond donors (Lipinski definition) is 0. The Balaban J connectivity index is 3.07. The van der Waals surface area contributed by atoms with Gasteiger partial charge < -0.3 is 0 Å². The van der Waals surface area contributed by atoms with Crippen molar-refractivity contribution < 1.29 is 0 Å². The van der Waals surface area contributed by atoms with Gasteiger partial charge in [-0.1, -0.05) is 6.58 Å². The van der Waals surface area contributed by atoms with Crippen molar-refractivity contribution >= 4 is 5.57 Å². The van der Waals surface area contributed by atoms with E-state index in [9.17, 15) is 0 Å². The molecule has 10 heavy (non-hydrogen) atoms. The molecule has 1 aromatic rings. The molecule has 0 fully saturated rings. The molecule has 1 heterocycles. The van der Waals surface area contributed by atoms with Crippen molar-refractivity contribution in [3.8, 4) is 0 Å². The molecule has 0 spiro atoms. The van der Waals surface area contributed by atoms with Gasteiger partial charge in [-0.15, -0.1) is 0 Å². The maximum absolute atomic E-state index is 4.04. The fourth-order valence-electron chi connectivity index (χ4n) is 0.788. The van der Waals surface area contributed by atoms with Crippen LogP contribution in [0.25, 0.3) is 5.57 Å². The quantitative estimate of drug-likeness (QED) is 0.573. The summed E-state index contributed by atoms with van der Waals surface area (Å²) in [5.74, 6) is 0. The number of aryl methyl sites for hydroxylation is 1. The summed E-state index contributed by atoms with van der Waals surface area (Å²) in [5.41, 5.74) is 3.37. The summed E-state index contributed by atoms with van der Waals surface area (Å²) in [7, 11) is 0. The number of allylic oxidation sites excluding steroid dienone is 1. The van der Waals surface area contributed by atoms with Gasteiger partial charge in [0.15, 0.2) is 0 Å². The largest absolute Gasteiger partial charge is 0.264 e. The van der Waals surface area contributed by atoms with Crippen LogP contribution < -0.4 is 0 Å². The monoisotopic (exact) mass is 133 g/mol. The van der Waals surface area contributed by atoms with E-state index < -0.39 is 0 Å². The second kappa shape index (κ2) is 2.65. The predicted octanol–water partition coefficient (Wildman–Crippen LogP) is 2.42. The lowest BCUT2D eigenvalue weighted by atomic mass is 10.1. The van der Waals surface area contributed by atoms with Gasteiger partial charge in [-0.2, -0.15) is 0 Å². The molecule has 0 N–H and O–H groups in total. The minimum atomic E-state index is 1.07. The Morgan fingerprint density at radius 1 is 1.50 bits per heavy atom. The van der Waals surface area contributed by atoms with E-state index >= 15 is 0 Å². The highest BCUT2D eigenvalue weighted by molar-refractivity contribution is 5.60. The summed E-state index contributed by atoms with van der Waals surface area (Å²) >= 11 is 0. The molecule has 1 heteroatoms. The van der Waals surface area contributed by atoms with E-state index in [0.717, 1.165) is 11.1 Å². The van der Waals surface area contributed by atoms with E-state index in [0.29, 0.717) is 0 Å². The summed E-state index contributed by atoms with van der Waals surface area (Å²) in [6, 6.07) is 2.08. The Labute approximate surface area is 61.4 Å². The molecule has 0 aromatic carbocycles. The summed E-state index contributed by atoms with van der Waals surface area (Å²) in [4.78, 5) is 4.04. The van der Waals surface area contributed by atoms with E-state index in [-0.39, 0.29) is 0 Å². The maximum atomic E-state index is 4.04. The fraction of sp³-hybridized carbons (Fsp3) is 0.222. The molecule has 1 rings (SSSR count). The number of nitrogens with zero attached hydrogens (tertiary/aromatic N) is 1. The molecule has 0 bridgehead atoms. The van der Waals surface area contributed by atoms with Gasteiger partial charge in [-0.25, -0.2) is 0 Å². The molecule has 1 nitrogen and oxygen atoms in total. The smallest absolute Gasteiger partial charge is 0.0342 e. The van der Waals surface area contributed by atoms with E-state index in [1.165, 1.54) is 5.56 Å². The third-order valence-corrected chi connectivity index (χ3v) is 1.37. The standard InChI is InChI=1S/C9H11N/c1-7(2)9-4-8(3)5-10-6-9/h4-6H,1H2,2-3H3. The van der Waals surface area contributed by atoms with E-state index in [1.807, 2.05) is 26.2 Å². The van der Waals surface area contributed by atoms with Crippen LogP contribution in [-0.4, -0.2) is 4.98 Å². The Bertz CT molecular complexity index is 251. The van der Waals surface area contributed by atoms with Gasteiger partial charge in [0.1, 0.15) is 0 Å². The van der Waals surface area contributed by atoms with Gasteiger partial charge in [0, 0.05) is 12.4 Å². The first-order valence-corrected chi connectivity index (χ1v) is 3.27. The van der Waals surface area contributed by atoms with Crippen LogP contribution >= 0.6 is 0 Å². The molecule has 52 valence electrons. The molecule has 0 aliphatic carbocycles. The van der Waals surface area contributed by atoms with Gasteiger partial charge in [0.05, 0.1) is 0 Å². The van der Waals surface area contributed by atoms with Gasteiger partial charge in [0.2, 0.25) is 0 Å². The third kappa shape index (κ3) is 1.44. The SMILES string of the molecule is C=C(C)c1cncc(C)c1. The predicted molar refractivity (Wildman–Crippen MR) is 43.7 cm³/mol. The van der Waals surface area contributed by atoms with Crippen LogP contribution in [-0.2, 0) is 0 Å². The molecule has 0 aliphatic rings. The molecule has 0 saturated heterocycles. The van der Waals surface area contributed by atoms with Crippen molar-refractivity contribution in [2.45, 2.75) is 13.8 Å². The molecular weight excluding hydrogens is 122 g/mol. The highest BCUT2D eigenvalue weighted by Crippen LogP contribution is 2.10. The lowest BCUT2D eigenvalue weighted by Crippen LogP contribution is -1.81. The minimum Gasteiger partial charge on any atom is -0.264 e. The van der Waals surface area contributed by atoms with Crippen molar-refractivity contribution in [3.05, 3.63) is 36.2 Å². The highest BCUT2D eigenvalue weighted by atomic mass is 14.6. The lowest BCUT2D eigenvalue weighted by molar-refractivity contribution is 1.25. The lowest BCUT2D eigenvalue weighted by Gasteiger charge is -1.98. The summed E-state index contributed by atoms with van der Waals surface area (Å²) in [5, 5.41) is 0. The van der Waals surface area contributed by atoms with Crippen LogP contribution in [0, 0.1) is 6.92 Å². The van der Waals surface area contributed by atoms with Gasteiger partial charge >= 0.3 is 0 Å². The highest BCUT2D eigenvalue weighted by Gasteiger charge is 1.91. The topological polar surface area (TPSA) is 12.9 Å². The van der Waals surface area contributed by atoms with Crippen LogP contribution in [0.3, 0.4) is 0 Å². The molecular formula is C9H11N. The third-order valence-electron chi connectivity index (χ3n) is 1.37. The first-order chi connectivity index (χ1) is 4.70. The molecule has 0 saturated carbocycles. The number of hydrogen-bond acceptors (Lipinski definition) is 1. The second-order valence-electron chi connectivity index (χ2n) is 2.53. The van der Waals surface area contributed by atoms with Gasteiger partial charge in [-0.3, -0.25) is 4.98 Å². The average Bonchev–Trinajstić information content (AvgIpc) is 1.88. The summed E-state index contributed by atoms with van der Waals surface area (Å²) < 4.78 is 0. The van der Waals surface area contributed by atoms with Crippen molar-refractivity contribution in [2.75, 3.05) is 0 Å². The normalized spacial score (nSPS) is 9.40. The summed E-state index contributed by atoms with van der Waals surface area (Å²) in [6.45, 7) is 7.84. The molecule has 0 amide bonds. The van der Waals surface area contributed by atoms with Crippen LogP contribution in [0.4, 0.5) is 0 Å². The van der Waals surface area contributed by atoms with E-state index in [2.05, 4.69) is 17.6 Å². The van der Waals surface area contributed by atoms with Crippen molar-refractivity contribution in [3.63, 3.8) is 0 Å². The number of rotatable bonds is 1. The Morgan fingerprint density at radius 3 is 2.60 bits per heavy atom. The maximum Gasteiger partial charge on any atom is 0.0342 e. The van der Waals surface area contributed by atoms with Crippen LogP contribution in [0.1, 0.15) is 18.1 Å². The molecule has 1 aromatic heterocycles. The zero-order chi connectivity index (χ0) is 7.56. The van der Waals surface area contributed by atoms with Crippen LogP contribution in [0.5, 0.6) is 0 Å². The Morgan fingerprint density at radius 2 is 2.20 bits per heavy atom. The zero-order valence-corrected chi connectivity index (χ0v) is 6.39. The second-order valence-corrected chi connectivity index (χ2v) is 2.53. The van der Waals surface area contributed by atoms with Gasteiger partial charge in [0.25, 0.3) is 0 Å². The van der Waals surface area contributed by atoms with E-state index in [1.54, 1.807) is 0 Å². The van der Waals surface area contributed by atoms with Crippen molar-refractivity contribution in [1.82, 2.24) is 4.98 Å². The molecule has 0 unspecified atom stereocenters. The van der Waals surface area contributed by atoms with Crippen molar-refractivity contribution in [1.29, 1.82) is 0 Å².